The summed E-state index contributed by atoms with van der Waals surface area (Å²) in [5, 5.41) is 16.9. The van der Waals surface area contributed by atoms with E-state index >= 15 is 0 Å². The fourth-order valence-electron chi connectivity index (χ4n) is 2.02. The van der Waals surface area contributed by atoms with Gasteiger partial charge in [0.2, 0.25) is 0 Å². The lowest BCUT2D eigenvalue weighted by atomic mass is 10.2. The van der Waals surface area contributed by atoms with Gasteiger partial charge >= 0.3 is 0 Å². The van der Waals surface area contributed by atoms with E-state index in [9.17, 15) is 14.5 Å². The fraction of sp³-hybridized carbons (Fsp3) is 0.235. The fourth-order valence-corrected chi connectivity index (χ4v) is 2.02. The van der Waals surface area contributed by atoms with Crippen molar-refractivity contribution in [3.8, 4) is 0 Å². The van der Waals surface area contributed by atoms with Crippen molar-refractivity contribution in [2.45, 2.75) is 20.0 Å². The minimum absolute atomic E-state index is 0.0654. The van der Waals surface area contributed by atoms with Gasteiger partial charge in [-0.15, -0.1) is 0 Å². The van der Waals surface area contributed by atoms with E-state index in [-0.39, 0.29) is 11.5 Å². The Balaban J connectivity index is 1.95. The van der Waals surface area contributed by atoms with Crippen molar-refractivity contribution in [3.05, 3.63) is 75.6 Å². The number of non-ortho nitro benzene ring substituents is 1. The summed E-state index contributed by atoms with van der Waals surface area (Å²) in [6.07, 6.45) is 0. The summed E-state index contributed by atoms with van der Waals surface area (Å²) < 4.78 is 12.9. The maximum Gasteiger partial charge on any atom is 0.269 e. The van der Waals surface area contributed by atoms with Crippen LogP contribution in [0.1, 0.15) is 18.1 Å². The molecule has 0 spiro atoms. The van der Waals surface area contributed by atoms with Gasteiger partial charge < -0.3 is 10.6 Å². The molecule has 0 aliphatic heterocycles. The van der Waals surface area contributed by atoms with Crippen LogP contribution >= 0.6 is 0 Å². The van der Waals surface area contributed by atoms with Crippen molar-refractivity contribution in [1.29, 1.82) is 0 Å². The van der Waals surface area contributed by atoms with Crippen LogP contribution < -0.4 is 10.6 Å². The van der Waals surface area contributed by atoms with Crippen LogP contribution in [0.4, 0.5) is 10.1 Å². The highest BCUT2D eigenvalue weighted by Crippen LogP contribution is 2.11. The Morgan fingerprint density at radius 3 is 2.29 bits per heavy atom. The highest BCUT2D eigenvalue weighted by atomic mass is 19.1. The number of benzene rings is 2. The van der Waals surface area contributed by atoms with Gasteiger partial charge in [0.15, 0.2) is 5.96 Å². The summed E-state index contributed by atoms with van der Waals surface area (Å²) in [5.74, 6) is 0.353. The molecule has 24 heavy (non-hydrogen) atoms. The van der Waals surface area contributed by atoms with Gasteiger partial charge in [-0.3, -0.25) is 10.1 Å². The van der Waals surface area contributed by atoms with Crippen LogP contribution in [0.3, 0.4) is 0 Å². The molecule has 126 valence electrons. The van der Waals surface area contributed by atoms with Crippen molar-refractivity contribution in [3.63, 3.8) is 0 Å². The second-order valence-electron chi connectivity index (χ2n) is 5.10. The second-order valence-corrected chi connectivity index (χ2v) is 5.10. The number of nitrogens with zero attached hydrogens (tertiary/aromatic N) is 2. The molecular formula is C17H19FN4O2. The molecule has 7 heteroatoms. The third-order valence-electron chi connectivity index (χ3n) is 3.28. The van der Waals surface area contributed by atoms with Gasteiger partial charge in [0.05, 0.1) is 11.5 Å². The van der Waals surface area contributed by atoms with Crippen LogP contribution in [-0.2, 0) is 13.1 Å². The van der Waals surface area contributed by atoms with Gasteiger partial charge in [-0.2, -0.15) is 0 Å². The molecule has 2 aromatic rings. The van der Waals surface area contributed by atoms with Crippen LogP contribution in [0.15, 0.2) is 53.5 Å². The molecule has 2 N–H and O–H groups in total. The molecule has 6 nitrogen and oxygen atoms in total. The first-order chi connectivity index (χ1) is 11.6. The Morgan fingerprint density at radius 2 is 1.71 bits per heavy atom. The highest BCUT2D eigenvalue weighted by Gasteiger charge is 2.04. The predicted molar refractivity (Wildman–Crippen MR) is 91.2 cm³/mol. The second kappa shape index (κ2) is 8.61. The first kappa shape index (κ1) is 17.4. The van der Waals surface area contributed by atoms with Gasteiger partial charge in [-0.1, -0.05) is 24.3 Å². The molecule has 0 amide bonds. The van der Waals surface area contributed by atoms with Gasteiger partial charge in [0, 0.05) is 25.2 Å². The number of guanidine groups is 1. The van der Waals surface area contributed by atoms with Crippen LogP contribution in [0, 0.1) is 15.9 Å². The molecule has 0 saturated heterocycles. The maximum absolute atomic E-state index is 12.9. The molecule has 0 bridgehead atoms. The molecule has 2 aromatic carbocycles. The lowest BCUT2D eigenvalue weighted by molar-refractivity contribution is -0.384. The van der Waals surface area contributed by atoms with E-state index in [0.717, 1.165) is 11.1 Å². The Hall–Kier alpha value is -2.96. The number of hydrogen-bond acceptors (Lipinski definition) is 3. The summed E-state index contributed by atoms with van der Waals surface area (Å²) >= 11 is 0. The van der Waals surface area contributed by atoms with Gasteiger partial charge in [0.1, 0.15) is 5.82 Å². The molecule has 0 unspecified atom stereocenters. The zero-order chi connectivity index (χ0) is 17.4. The molecular weight excluding hydrogens is 311 g/mol. The molecule has 0 fully saturated rings. The Labute approximate surface area is 139 Å². The smallest absolute Gasteiger partial charge is 0.269 e. The molecule has 0 atom stereocenters. The predicted octanol–water partition coefficient (Wildman–Crippen LogP) is 2.99. The average molecular weight is 330 g/mol. The lowest BCUT2D eigenvalue weighted by Crippen LogP contribution is -2.36. The Morgan fingerprint density at radius 1 is 1.08 bits per heavy atom. The number of rotatable bonds is 6. The van der Waals surface area contributed by atoms with E-state index in [4.69, 9.17) is 0 Å². The van der Waals surface area contributed by atoms with E-state index in [2.05, 4.69) is 15.6 Å². The molecule has 2 rings (SSSR count). The average Bonchev–Trinajstić information content (AvgIpc) is 2.59. The van der Waals surface area contributed by atoms with Gasteiger partial charge in [-0.25, -0.2) is 9.38 Å². The SMILES string of the molecule is CCNC(=NCc1ccc(F)cc1)NCc1ccc([N+](=O)[O-])cc1. The normalized spacial score (nSPS) is 11.2. The minimum atomic E-state index is -0.425. The molecule has 0 heterocycles. The molecule has 0 aliphatic carbocycles. The standard InChI is InChI=1S/C17H19FN4O2/c1-2-19-17(20-11-13-3-7-15(18)8-4-13)21-12-14-5-9-16(10-6-14)22(23)24/h3-10H,2,11-12H2,1H3,(H2,19,20,21). The molecule has 0 radical (unpaired) electrons. The monoisotopic (exact) mass is 330 g/mol. The van der Waals surface area contributed by atoms with Gasteiger partial charge in [-0.05, 0) is 30.2 Å². The summed E-state index contributed by atoms with van der Waals surface area (Å²) in [6, 6.07) is 12.5. The number of hydrogen-bond donors (Lipinski definition) is 2. The van der Waals surface area contributed by atoms with Gasteiger partial charge in [0.25, 0.3) is 5.69 Å². The van der Waals surface area contributed by atoms with E-state index in [0.29, 0.717) is 25.6 Å². The van der Waals surface area contributed by atoms with E-state index in [1.165, 1.54) is 24.3 Å². The minimum Gasteiger partial charge on any atom is -0.357 e. The number of halogens is 1. The summed E-state index contributed by atoms with van der Waals surface area (Å²) in [6.45, 7) is 3.58. The van der Waals surface area contributed by atoms with Crippen molar-refractivity contribution in [2.24, 2.45) is 4.99 Å². The number of nitro groups is 1. The zero-order valence-corrected chi connectivity index (χ0v) is 13.3. The largest absolute Gasteiger partial charge is 0.357 e. The Kier molecular flexibility index (Phi) is 6.24. The van der Waals surface area contributed by atoms with Crippen molar-refractivity contribution < 1.29 is 9.31 Å². The van der Waals surface area contributed by atoms with E-state index < -0.39 is 4.92 Å². The van der Waals surface area contributed by atoms with Crippen LogP contribution in [0.5, 0.6) is 0 Å². The number of aliphatic imine (C=N–C) groups is 1. The molecule has 0 aliphatic rings. The highest BCUT2D eigenvalue weighted by molar-refractivity contribution is 5.79. The van der Waals surface area contributed by atoms with Crippen LogP contribution in [0.25, 0.3) is 0 Å². The van der Waals surface area contributed by atoms with E-state index in [1.54, 1.807) is 24.3 Å². The van der Waals surface area contributed by atoms with Crippen molar-refractivity contribution in [2.75, 3.05) is 6.54 Å². The quantitative estimate of drug-likeness (QED) is 0.369. The topological polar surface area (TPSA) is 79.6 Å². The van der Waals surface area contributed by atoms with Crippen molar-refractivity contribution >= 4 is 11.6 Å². The number of nitrogens with one attached hydrogen (secondary N) is 2. The zero-order valence-electron chi connectivity index (χ0n) is 13.3. The lowest BCUT2D eigenvalue weighted by Gasteiger charge is -2.11. The third-order valence-corrected chi connectivity index (χ3v) is 3.28. The molecule has 0 aromatic heterocycles. The van der Waals surface area contributed by atoms with E-state index in [1.807, 2.05) is 6.92 Å². The number of nitro benzene ring substituents is 1. The maximum atomic E-state index is 12.9. The first-order valence-electron chi connectivity index (χ1n) is 7.58. The summed E-state index contributed by atoms with van der Waals surface area (Å²) in [5.41, 5.74) is 1.88. The first-order valence-corrected chi connectivity index (χ1v) is 7.58. The summed E-state index contributed by atoms with van der Waals surface area (Å²) in [4.78, 5) is 14.7. The summed E-state index contributed by atoms with van der Waals surface area (Å²) in [7, 11) is 0. The van der Waals surface area contributed by atoms with Crippen LogP contribution in [0.2, 0.25) is 0 Å². The van der Waals surface area contributed by atoms with Crippen LogP contribution in [-0.4, -0.2) is 17.4 Å². The van der Waals surface area contributed by atoms with Crippen molar-refractivity contribution in [1.82, 2.24) is 10.6 Å². The third kappa shape index (κ3) is 5.35. The molecule has 0 saturated carbocycles. The Bertz CT molecular complexity index is 700.